The van der Waals surface area contributed by atoms with E-state index in [-0.39, 0.29) is 0 Å². The van der Waals surface area contributed by atoms with Crippen molar-refractivity contribution in [3.05, 3.63) is 0 Å². The van der Waals surface area contributed by atoms with Crippen molar-refractivity contribution in [2.24, 2.45) is 5.73 Å². The first-order chi connectivity index (χ1) is 10.1. The fourth-order valence-electron chi connectivity index (χ4n) is 2.88. The summed E-state index contributed by atoms with van der Waals surface area (Å²) >= 11 is 0. The highest BCUT2D eigenvalue weighted by atomic mass is 16.1. The molecule has 0 saturated carbocycles. The van der Waals surface area contributed by atoms with Crippen LogP contribution in [0.2, 0.25) is 0 Å². The van der Waals surface area contributed by atoms with Gasteiger partial charge in [0.1, 0.15) is 0 Å². The molecule has 0 radical (unpaired) electrons. The number of hydrogen-bond donors (Lipinski definition) is 2. The van der Waals surface area contributed by atoms with Crippen LogP contribution in [0, 0.1) is 0 Å². The Morgan fingerprint density at radius 2 is 1.48 bits per heavy atom. The van der Waals surface area contributed by atoms with Crippen molar-refractivity contribution >= 4 is 5.78 Å². The van der Waals surface area contributed by atoms with Crippen molar-refractivity contribution in [2.45, 2.75) is 96.9 Å². The number of likely N-dealkylation sites (N-methyl/N-ethyl adjacent to an activating group) is 1. The van der Waals surface area contributed by atoms with Crippen LogP contribution in [0.25, 0.3) is 0 Å². The zero-order chi connectivity index (χ0) is 16.0. The minimum absolute atomic E-state index is 0.331. The molecule has 3 N–H and O–H groups in total. The van der Waals surface area contributed by atoms with Gasteiger partial charge in [0.15, 0.2) is 5.78 Å². The Labute approximate surface area is 132 Å². The molecule has 0 bridgehead atoms. The van der Waals surface area contributed by atoms with E-state index in [1.54, 1.807) is 0 Å². The van der Waals surface area contributed by atoms with Crippen molar-refractivity contribution in [1.29, 1.82) is 0 Å². The van der Waals surface area contributed by atoms with Crippen LogP contribution in [-0.2, 0) is 4.79 Å². The van der Waals surface area contributed by atoms with Gasteiger partial charge in [-0.2, -0.15) is 0 Å². The van der Waals surface area contributed by atoms with E-state index in [0.717, 1.165) is 19.4 Å². The maximum Gasteiger partial charge on any atom is 0.152 e. The number of nitrogens with one attached hydrogen (secondary N) is 1. The topological polar surface area (TPSA) is 55.1 Å². The summed E-state index contributed by atoms with van der Waals surface area (Å²) in [6.45, 7) is 7.68. The van der Waals surface area contributed by atoms with Crippen LogP contribution >= 0.6 is 0 Å². The highest BCUT2D eigenvalue weighted by Crippen LogP contribution is 2.16. The standard InChI is InChI=1S/C18H38N2O/c1-4-6-7-8-9-10-11-12-13-14-17(21)18(3,15-16-19)20-5-2/h20H,4-16,19H2,1-3H3. The summed E-state index contributed by atoms with van der Waals surface area (Å²) in [4.78, 5) is 12.3. The highest BCUT2D eigenvalue weighted by molar-refractivity contribution is 5.87. The minimum atomic E-state index is -0.413. The molecule has 0 spiro atoms. The van der Waals surface area contributed by atoms with Crippen molar-refractivity contribution in [1.82, 2.24) is 5.32 Å². The molecule has 0 aliphatic rings. The molecule has 0 saturated heterocycles. The van der Waals surface area contributed by atoms with E-state index in [1.807, 2.05) is 13.8 Å². The lowest BCUT2D eigenvalue weighted by atomic mass is 9.89. The Kier molecular flexibility index (Phi) is 13.0. The van der Waals surface area contributed by atoms with Gasteiger partial charge in [0.2, 0.25) is 0 Å². The summed E-state index contributed by atoms with van der Waals surface area (Å²) in [7, 11) is 0. The zero-order valence-electron chi connectivity index (χ0n) is 14.7. The first-order valence-corrected chi connectivity index (χ1v) is 9.09. The Bertz CT molecular complexity index is 248. The molecule has 126 valence electrons. The van der Waals surface area contributed by atoms with Crippen LogP contribution < -0.4 is 11.1 Å². The first-order valence-electron chi connectivity index (χ1n) is 9.09. The summed E-state index contributed by atoms with van der Waals surface area (Å²) in [5.74, 6) is 0.331. The van der Waals surface area contributed by atoms with Crippen LogP contribution in [0.15, 0.2) is 0 Å². The number of ketones is 1. The molecule has 0 fully saturated rings. The Balaban J connectivity index is 3.68. The van der Waals surface area contributed by atoms with E-state index in [0.29, 0.717) is 18.7 Å². The second-order valence-corrected chi connectivity index (χ2v) is 6.40. The summed E-state index contributed by atoms with van der Waals surface area (Å²) in [5.41, 5.74) is 5.22. The SMILES string of the molecule is CCCCCCCCCCCC(=O)C(C)(CCN)NCC. The third kappa shape index (κ3) is 10.0. The average molecular weight is 299 g/mol. The average Bonchev–Trinajstić information content (AvgIpc) is 2.45. The van der Waals surface area contributed by atoms with Gasteiger partial charge in [-0.25, -0.2) is 0 Å². The molecular weight excluding hydrogens is 260 g/mol. The summed E-state index contributed by atoms with van der Waals surface area (Å²) in [6, 6.07) is 0. The molecule has 1 unspecified atom stereocenters. The number of carbonyl (C=O) groups is 1. The third-order valence-electron chi connectivity index (χ3n) is 4.33. The Hall–Kier alpha value is -0.410. The summed E-state index contributed by atoms with van der Waals surface area (Å²) in [5, 5.41) is 3.31. The molecular formula is C18H38N2O. The van der Waals surface area contributed by atoms with Crippen LogP contribution in [0.3, 0.4) is 0 Å². The predicted octanol–water partition coefficient (Wildman–Crippen LogP) is 4.19. The smallest absolute Gasteiger partial charge is 0.152 e. The molecule has 1 atom stereocenters. The number of unbranched alkanes of at least 4 members (excludes halogenated alkanes) is 8. The van der Waals surface area contributed by atoms with Crippen LogP contribution in [-0.4, -0.2) is 24.4 Å². The number of nitrogens with two attached hydrogens (primary N) is 1. The molecule has 3 nitrogen and oxygen atoms in total. The summed E-state index contributed by atoms with van der Waals surface area (Å²) < 4.78 is 0. The molecule has 21 heavy (non-hydrogen) atoms. The van der Waals surface area contributed by atoms with E-state index in [1.165, 1.54) is 51.4 Å². The lowest BCUT2D eigenvalue weighted by Gasteiger charge is -2.28. The number of Topliss-reactive ketones (excluding diaryl/α,β-unsaturated/α-hetero) is 1. The summed E-state index contributed by atoms with van der Waals surface area (Å²) in [6.07, 6.45) is 13.0. The van der Waals surface area contributed by atoms with E-state index < -0.39 is 5.54 Å². The van der Waals surface area contributed by atoms with Crippen molar-refractivity contribution in [3.63, 3.8) is 0 Å². The van der Waals surface area contributed by atoms with Gasteiger partial charge in [0, 0.05) is 6.42 Å². The van der Waals surface area contributed by atoms with Gasteiger partial charge in [-0.15, -0.1) is 0 Å². The molecule has 0 aliphatic carbocycles. The van der Waals surface area contributed by atoms with E-state index in [4.69, 9.17) is 5.73 Å². The van der Waals surface area contributed by atoms with Crippen molar-refractivity contribution < 1.29 is 4.79 Å². The van der Waals surface area contributed by atoms with Gasteiger partial charge in [-0.3, -0.25) is 4.79 Å². The molecule has 3 heteroatoms. The first kappa shape index (κ1) is 20.6. The van der Waals surface area contributed by atoms with Gasteiger partial charge in [-0.1, -0.05) is 65.2 Å². The maximum absolute atomic E-state index is 12.3. The minimum Gasteiger partial charge on any atom is -0.330 e. The zero-order valence-corrected chi connectivity index (χ0v) is 14.7. The Morgan fingerprint density at radius 3 is 1.95 bits per heavy atom. The quantitative estimate of drug-likeness (QED) is 0.446. The van der Waals surface area contributed by atoms with Gasteiger partial charge in [0.25, 0.3) is 0 Å². The van der Waals surface area contributed by atoms with Crippen molar-refractivity contribution in [2.75, 3.05) is 13.1 Å². The maximum atomic E-state index is 12.3. The van der Waals surface area contributed by atoms with Crippen molar-refractivity contribution in [3.8, 4) is 0 Å². The molecule has 0 rings (SSSR count). The molecule has 0 aliphatic heterocycles. The second kappa shape index (κ2) is 13.3. The van der Waals surface area contributed by atoms with Gasteiger partial charge >= 0.3 is 0 Å². The van der Waals surface area contributed by atoms with Crippen LogP contribution in [0.4, 0.5) is 0 Å². The lowest BCUT2D eigenvalue weighted by Crippen LogP contribution is -2.50. The fourth-order valence-corrected chi connectivity index (χ4v) is 2.88. The van der Waals surface area contributed by atoms with Gasteiger partial charge < -0.3 is 11.1 Å². The molecule has 0 amide bonds. The highest BCUT2D eigenvalue weighted by Gasteiger charge is 2.29. The predicted molar refractivity (Wildman–Crippen MR) is 92.6 cm³/mol. The molecule has 0 aromatic carbocycles. The van der Waals surface area contributed by atoms with E-state index in [9.17, 15) is 4.79 Å². The van der Waals surface area contributed by atoms with Gasteiger partial charge in [-0.05, 0) is 32.9 Å². The van der Waals surface area contributed by atoms with Crippen LogP contribution in [0.5, 0.6) is 0 Å². The molecule has 0 heterocycles. The molecule has 0 aromatic heterocycles. The monoisotopic (exact) mass is 298 g/mol. The van der Waals surface area contributed by atoms with Gasteiger partial charge in [0.05, 0.1) is 5.54 Å². The van der Waals surface area contributed by atoms with E-state index in [2.05, 4.69) is 12.2 Å². The van der Waals surface area contributed by atoms with E-state index >= 15 is 0 Å². The number of carbonyl (C=O) groups excluding carboxylic acids is 1. The second-order valence-electron chi connectivity index (χ2n) is 6.40. The number of rotatable bonds is 15. The Morgan fingerprint density at radius 1 is 0.952 bits per heavy atom. The molecule has 0 aromatic rings. The third-order valence-corrected chi connectivity index (χ3v) is 4.33. The fraction of sp³-hybridized carbons (Fsp3) is 0.944. The van der Waals surface area contributed by atoms with Crippen LogP contribution in [0.1, 0.15) is 91.4 Å². The largest absolute Gasteiger partial charge is 0.330 e. The normalized spacial score (nSPS) is 14.1. The lowest BCUT2D eigenvalue weighted by molar-refractivity contribution is -0.125. The number of hydrogen-bond acceptors (Lipinski definition) is 3.